The van der Waals surface area contributed by atoms with Gasteiger partial charge in [0, 0.05) is 0 Å². The van der Waals surface area contributed by atoms with Crippen LogP contribution in [-0.4, -0.2) is 25.4 Å². The van der Waals surface area contributed by atoms with Gasteiger partial charge in [0.25, 0.3) is 0 Å². The minimum absolute atomic E-state index is 0.972. The fraction of sp³-hybridized carbons (Fsp3) is 1.00. The van der Waals surface area contributed by atoms with Crippen molar-refractivity contribution in [3.8, 4) is 0 Å². The van der Waals surface area contributed by atoms with E-state index in [0.717, 1.165) is 6.61 Å². The minimum atomic E-state index is -2.23. The van der Waals surface area contributed by atoms with Gasteiger partial charge in [-0.3, -0.25) is 0 Å². The van der Waals surface area contributed by atoms with Crippen LogP contribution in [0.5, 0.6) is 0 Å². The molecule has 0 fully saturated rings. The Morgan fingerprint density at radius 1 is 0.550 bits per heavy atom. The number of hydrogen-bond donors (Lipinski definition) is 0. The average Bonchev–Trinajstić information content (AvgIpc) is 2.46. The zero-order chi connectivity index (χ0) is 15.1. The van der Waals surface area contributed by atoms with Crippen molar-refractivity contribution in [2.24, 2.45) is 0 Å². The molecule has 0 saturated heterocycles. The van der Waals surface area contributed by atoms with Crippen molar-refractivity contribution in [3.63, 3.8) is 0 Å². The van der Waals surface area contributed by atoms with Crippen molar-refractivity contribution in [2.75, 3.05) is 6.61 Å². The second-order valence-electron chi connectivity index (χ2n) is 6.34. The van der Waals surface area contributed by atoms with Crippen LogP contribution in [0.25, 0.3) is 0 Å². The molecule has 0 amide bonds. The summed E-state index contributed by atoms with van der Waals surface area (Å²) in [6.07, 6.45) is 14.1. The van der Waals surface area contributed by atoms with Crippen LogP contribution in [0.15, 0.2) is 0 Å². The van der Waals surface area contributed by atoms with Crippen LogP contribution >= 0.6 is 0 Å². The molecule has 20 heavy (non-hydrogen) atoms. The van der Waals surface area contributed by atoms with E-state index >= 15 is 0 Å². The molecule has 0 saturated carbocycles. The molecule has 0 aliphatic heterocycles. The van der Waals surface area contributed by atoms with Gasteiger partial charge in [0.05, 0.1) is 0 Å². The van der Waals surface area contributed by atoms with Crippen molar-refractivity contribution in [2.45, 2.75) is 105 Å². The number of unbranched alkanes of at least 4 members (excludes halogenated alkanes) is 7. The molecule has 1 nitrogen and oxygen atoms in total. The molecule has 0 aromatic rings. The Bertz CT molecular complexity index is 186. The zero-order valence-electron chi connectivity index (χ0n) is 14.8. The Morgan fingerprint density at radius 2 is 1.00 bits per heavy atom. The predicted octanol–water partition coefficient (Wildman–Crippen LogP) is 6.93. The quantitative estimate of drug-likeness (QED) is 0.217. The van der Waals surface area contributed by atoms with Crippen LogP contribution in [0.3, 0.4) is 0 Å². The molecule has 0 aromatic heterocycles. The molecule has 0 aromatic carbocycles. The van der Waals surface area contributed by atoms with Crippen LogP contribution in [-0.2, 0) is 3.07 Å². The second-order valence-corrected chi connectivity index (χ2v) is 18.2. The van der Waals surface area contributed by atoms with E-state index in [4.69, 9.17) is 3.07 Å². The van der Waals surface area contributed by atoms with Crippen LogP contribution < -0.4 is 0 Å². The third-order valence-corrected chi connectivity index (χ3v) is 17.8. The SMILES string of the molecule is CCCCCCC[CH2][Sn]([CH2]CCC)([CH2]CCC)[O]CC. The maximum atomic E-state index is 6.47. The summed E-state index contributed by atoms with van der Waals surface area (Å²) in [7, 11) is 0. The Kier molecular flexibility index (Phi) is 15.2. The third-order valence-electron chi connectivity index (χ3n) is 4.41. The first kappa shape index (κ1) is 20.8. The summed E-state index contributed by atoms with van der Waals surface area (Å²) in [6.45, 7) is 10.1. The fourth-order valence-corrected chi connectivity index (χ4v) is 16.5. The van der Waals surface area contributed by atoms with Crippen molar-refractivity contribution < 1.29 is 3.07 Å². The molecule has 0 radical (unpaired) electrons. The summed E-state index contributed by atoms with van der Waals surface area (Å²) in [5.74, 6) is 0. The fourth-order valence-electron chi connectivity index (χ4n) is 3.12. The molecule has 0 heterocycles. The van der Waals surface area contributed by atoms with Gasteiger partial charge in [-0.1, -0.05) is 0 Å². The van der Waals surface area contributed by atoms with E-state index < -0.39 is 18.8 Å². The molecule has 0 atom stereocenters. The van der Waals surface area contributed by atoms with Gasteiger partial charge in [-0.2, -0.15) is 0 Å². The summed E-state index contributed by atoms with van der Waals surface area (Å²) in [4.78, 5) is 0. The predicted molar refractivity (Wildman–Crippen MR) is 95.0 cm³/mol. The molecule has 0 aliphatic carbocycles. The first-order valence-electron chi connectivity index (χ1n) is 9.38. The van der Waals surface area contributed by atoms with Gasteiger partial charge in [-0.05, 0) is 0 Å². The van der Waals surface area contributed by atoms with Gasteiger partial charge in [-0.15, -0.1) is 0 Å². The molecule has 2 heteroatoms. The molecule has 122 valence electrons. The van der Waals surface area contributed by atoms with Crippen molar-refractivity contribution in [1.82, 2.24) is 0 Å². The Hall–Kier alpha value is 0.759. The van der Waals surface area contributed by atoms with Crippen molar-refractivity contribution in [3.05, 3.63) is 0 Å². The first-order chi connectivity index (χ1) is 9.74. The molecular weight excluding hydrogens is 351 g/mol. The van der Waals surface area contributed by atoms with Gasteiger partial charge < -0.3 is 0 Å². The average molecular weight is 391 g/mol. The summed E-state index contributed by atoms with van der Waals surface area (Å²) in [6, 6.07) is 0. The number of rotatable bonds is 15. The van der Waals surface area contributed by atoms with E-state index in [-0.39, 0.29) is 0 Å². The molecule has 0 unspecified atom stereocenters. The van der Waals surface area contributed by atoms with E-state index in [0.29, 0.717) is 0 Å². The van der Waals surface area contributed by atoms with E-state index in [1.165, 1.54) is 77.5 Å². The maximum absolute atomic E-state index is 6.47. The third kappa shape index (κ3) is 10.5. The molecule has 0 N–H and O–H groups in total. The van der Waals surface area contributed by atoms with E-state index in [2.05, 4.69) is 27.7 Å². The van der Waals surface area contributed by atoms with Crippen LogP contribution in [0.1, 0.15) is 91.9 Å². The summed E-state index contributed by atoms with van der Waals surface area (Å²) in [5.41, 5.74) is 0. The summed E-state index contributed by atoms with van der Waals surface area (Å²) in [5, 5.41) is 0. The van der Waals surface area contributed by atoms with E-state index in [1.54, 1.807) is 0 Å². The monoisotopic (exact) mass is 392 g/mol. The molecule has 0 aliphatic rings. The van der Waals surface area contributed by atoms with Crippen molar-refractivity contribution in [1.29, 1.82) is 0 Å². The van der Waals surface area contributed by atoms with E-state index in [9.17, 15) is 0 Å². The standard InChI is InChI=1S/C8H17.2C4H9.C2H5O.Sn/c1-3-5-7-8-6-4-2;2*1-3-4-2;1-2-3;/h1,3-8H2,2H3;2*1,3-4H2,2H3;2H2,1H3;/q;;;-1;+1. The second kappa shape index (κ2) is 14.7. The molecule has 0 spiro atoms. The van der Waals surface area contributed by atoms with E-state index in [1.807, 2.05) is 0 Å². The normalized spacial score (nSPS) is 12.0. The first-order valence-corrected chi connectivity index (χ1v) is 16.6. The Labute approximate surface area is 133 Å². The number of hydrogen-bond acceptors (Lipinski definition) is 1. The van der Waals surface area contributed by atoms with Gasteiger partial charge in [0.1, 0.15) is 0 Å². The van der Waals surface area contributed by atoms with Crippen molar-refractivity contribution >= 4 is 18.8 Å². The summed E-state index contributed by atoms with van der Waals surface area (Å²) < 4.78 is 10.9. The van der Waals surface area contributed by atoms with Crippen LogP contribution in [0.2, 0.25) is 13.3 Å². The Balaban J connectivity index is 4.17. The van der Waals surface area contributed by atoms with Crippen LogP contribution in [0.4, 0.5) is 0 Å². The molecular formula is C18H40OSn. The Morgan fingerprint density at radius 3 is 1.50 bits per heavy atom. The van der Waals surface area contributed by atoms with Gasteiger partial charge in [0.15, 0.2) is 0 Å². The summed E-state index contributed by atoms with van der Waals surface area (Å²) >= 11 is -2.23. The van der Waals surface area contributed by atoms with Gasteiger partial charge in [0.2, 0.25) is 0 Å². The van der Waals surface area contributed by atoms with Gasteiger partial charge >= 0.3 is 134 Å². The topological polar surface area (TPSA) is 9.23 Å². The van der Waals surface area contributed by atoms with Crippen LogP contribution in [0, 0.1) is 0 Å². The van der Waals surface area contributed by atoms with Gasteiger partial charge in [-0.25, -0.2) is 0 Å². The molecule has 0 bridgehead atoms. The molecule has 0 rings (SSSR count). The zero-order valence-corrected chi connectivity index (χ0v) is 17.7.